The fraction of sp³-hybridized carbons (Fsp3) is 0.320. The highest BCUT2D eigenvalue weighted by molar-refractivity contribution is 7.13. The van der Waals surface area contributed by atoms with Crippen molar-refractivity contribution in [3.63, 3.8) is 0 Å². The van der Waals surface area contributed by atoms with Gasteiger partial charge >= 0.3 is 12.1 Å². The van der Waals surface area contributed by atoms with Crippen LogP contribution in [0.3, 0.4) is 0 Å². The number of ether oxygens (including phenoxy) is 2. The molecule has 8 heteroatoms. The first kappa shape index (κ1) is 22.8. The molecule has 3 aromatic rings. The van der Waals surface area contributed by atoms with Crippen LogP contribution in [0.2, 0.25) is 0 Å². The number of pyridine rings is 1. The van der Waals surface area contributed by atoms with E-state index in [1.807, 2.05) is 60.0 Å². The molecule has 0 radical (unpaired) electrons. The number of carboxylic acid groups (broad SMARTS) is 1. The molecule has 2 aromatic heterocycles. The number of carbonyl (C=O) groups is 2. The van der Waals surface area contributed by atoms with Gasteiger partial charge in [-0.1, -0.05) is 36.4 Å². The lowest BCUT2D eigenvalue weighted by molar-refractivity contribution is -0.142. The maximum absolute atomic E-state index is 12.6. The number of hydrogen-bond acceptors (Lipinski definition) is 6. The summed E-state index contributed by atoms with van der Waals surface area (Å²) in [4.78, 5) is 31.4. The van der Waals surface area contributed by atoms with Gasteiger partial charge in [-0.05, 0) is 43.8 Å². The van der Waals surface area contributed by atoms with E-state index in [1.165, 1.54) is 4.90 Å². The Bertz CT molecular complexity index is 1130. The van der Waals surface area contributed by atoms with Crippen molar-refractivity contribution in [3.8, 4) is 27.6 Å². The van der Waals surface area contributed by atoms with E-state index in [1.54, 1.807) is 32.1 Å². The van der Waals surface area contributed by atoms with Crippen LogP contribution in [0.4, 0.5) is 4.79 Å². The zero-order valence-electron chi connectivity index (χ0n) is 18.7. The second-order valence-electron chi connectivity index (χ2n) is 8.88. The highest BCUT2D eigenvalue weighted by Gasteiger charge is 2.42. The Morgan fingerprint density at radius 1 is 1.09 bits per heavy atom. The fourth-order valence-corrected chi connectivity index (χ4v) is 4.43. The Kier molecular flexibility index (Phi) is 6.37. The molecule has 0 aliphatic carbocycles. The quantitative estimate of drug-likeness (QED) is 0.548. The number of benzene rings is 1. The molecule has 0 bridgehead atoms. The molecule has 1 N–H and O–H groups in total. The van der Waals surface area contributed by atoms with Crippen molar-refractivity contribution in [3.05, 3.63) is 60.0 Å². The second kappa shape index (κ2) is 9.23. The molecule has 172 valence electrons. The van der Waals surface area contributed by atoms with E-state index in [2.05, 4.69) is 4.98 Å². The average Bonchev–Trinajstić information content (AvgIpc) is 3.43. The van der Waals surface area contributed by atoms with E-state index in [-0.39, 0.29) is 13.0 Å². The molecule has 2 atom stereocenters. The summed E-state index contributed by atoms with van der Waals surface area (Å²) in [5.74, 6) is -0.697. The topological polar surface area (TPSA) is 89.0 Å². The Morgan fingerprint density at radius 2 is 1.85 bits per heavy atom. The van der Waals surface area contributed by atoms with E-state index in [4.69, 9.17) is 9.47 Å². The van der Waals surface area contributed by atoms with Crippen LogP contribution in [-0.4, -0.2) is 51.3 Å². The van der Waals surface area contributed by atoms with E-state index < -0.39 is 29.8 Å². The number of carbonyl (C=O) groups excluding carboxylic acids is 1. The Hall–Kier alpha value is -3.39. The van der Waals surface area contributed by atoms with Gasteiger partial charge in [0, 0.05) is 22.9 Å². The van der Waals surface area contributed by atoms with Gasteiger partial charge < -0.3 is 14.6 Å². The Balaban J connectivity index is 1.61. The summed E-state index contributed by atoms with van der Waals surface area (Å²) in [6, 6.07) is 16.6. The minimum Gasteiger partial charge on any atom is -0.480 e. The van der Waals surface area contributed by atoms with Crippen molar-refractivity contribution in [1.82, 2.24) is 9.88 Å². The third-order valence-corrected chi connectivity index (χ3v) is 6.06. The van der Waals surface area contributed by atoms with Gasteiger partial charge in [0.15, 0.2) is 0 Å². The van der Waals surface area contributed by atoms with Gasteiger partial charge in [-0.3, -0.25) is 4.90 Å². The zero-order chi connectivity index (χ0) is 23.6. The zero-order valence-corrected chi connectivity index (χ0v) is 19.5. The first-order chi connectivity index (χ1) is 15.7. The van der Waals surface area contributed by atoms with Gasteiger partial charge in [-0.25, -0.2) is 14.6 Å². The van der Waals surface area contributed by atoms with Gasteiger partial charge in [-0.15, -0.1) is 11.3 Å². The lowest BCUT2D eigenvalue weighted by Crippen LogP contribution is -2.43. The number of amides is 1. The van der Waals surface area contributed by atoms with Crippen LogP contribution in [0.1, 0.15) is 27.2 Å². The van der Waals surface area contributed by atoms with Crippen LogP contribution in [0.15, 0.2) is 60.0 Å². The van der Waals surface area contributed by atoms with Gasteiger partial charge in [-0.2, -0.15) is 0 Å². The SMILES string of the molecule is CC(C)(C)OC(=O)N1C[C@H](Oc2cc(-c3cccs3)cc(-c3ccccc3)n2)CC1C(=O)O. The first-order valence-corrected chi connectivity index (χ1v) is 11.6. The van der Waals surface area contributed by atoms with Crippen molar-refractivity contribution in [2.45, 2.75) is 44.9 Å². The number of aromatic nitrogens is 1. The summed E-state index contributed by atoms with van der Waals surface area (Å²) in [5, 5.41) is 11.7. The first-order valence-electron chi connectivity index (χ1n) is 10.7. The molecule has 1 aliphatic rings. The maximum atomic E-state index is 12.6. The third-order valence-electron chi connectivity index (χ3n) is 5.14. The smallest absolute Gasteiger partial charge is 0.411 e. The van der Waals surface area contributed by atoms with E-state index in [0.29, 0.717) is 5.88 Å². The number of carboxylic acids is 1. The molecule has 1 aliphatic heterocycles. The molecule has 33 heavy (non-hydrogen) atoms. The summed E-state index contributed by atoms with van der Waals surface area (Å²) < 4.78 is 11.5. The number of nitrogens with zero attached hydrogens (tertiary/aromatic N) is 2. The molecule has 0 spiro atoms. The number of rotatable bonds is 5. The van der Waals surface area contributed by atoms with Crippen LogP contribution in [-0.2, 0) is 9.53 Å². The monoisotopic (exact) mass is 466 g/mol. The summed E-state index contributed by atoms with van der Waals surface area (Å²) in [6.07, 6.45) is -1.03. The Labute approximate surface area is 196 Å². The normalized spacial score (nSPS) is 18.2. The predicted octanol–water partition coefficient (Wildman–Crippen LogP) is 5.32. The van der Waals surface area contributed by atoms with Gasteiger partial charge in [0.2, 0.25) is 5.88 Å². The summed E-state index contributed by atoms with van der Waals surface area (Å²) in [7, 11) is 0. The second-order valence-corrected chi connectivity index (χ2v) is 9.83. The van der Waals surface area contributed by atoms with E-state index in [0.717, 1.165) is 21.7 Å². The molecule has 1 fully saturated rings. The highest BCUT2D eigenvalue weighted by atomic mass is 32.1. The lowest BCUT2D eigenvalue weighted by Gasteiger charge is -2.26. The number of likely N-dealkylation sites (tertiary alicyclic amines) is 1. The maximum Gasteiger partial charge on any atom is 0.411 e. The largest absolute Gasteiger partial charge is 0.480 e. The lowest BCUT2D eigenvalue weighted by atomic mass is 10.1. The Morgan fingerprint density at radius 3 is 2.48 bits per heavy atom. The summed E-state index contributed by atoms with van der Waals surface area (Å²) in [6.45, 7) is 5.35. The van der Waals surface area contributed by atoms with Crippen LogP contribution < -0.4 is 4.74 Å². The number of aliphatic carboxylic acids is 1. The average molecular weight is 467 g/mol. The molecule has 7 nitrogen and oxygen atoms in total. The fourth-order valence-electron chi connectivity index (χ4n) is 3.72. The molecule has 1 saturated heterocycles. The van der Waals surface area contributed by atoms with Crippen molar-refractivity contribution in [2.24, 2.45) is 0 Å². The van der Waals surface area contributed by atoms with Crippen LogP contribution in [0.25, 0.3) is 21.7 Å². The number of thiophene rings is 1. The standard InChI is InChI=1S/C25H26N2O5S/c1-25(2,3)32-24(30)27-15-18(14-20(27)23(28)29)31-22-13-17(21-10-7-11-33-21)12-19(26-22)16-8-5-4-6-9-16/h4-13,18,20H,14-15H2,1-3H3,(H,28,29)/t18-,20?/m1/s1. The summed E-state index contributed by atoms with van der Waals surface area (Å²) >= 11 is 1.61. The van der Waals surface area contributed by atoms with Gasteiger partial charge in [0.1, 0.15) is 17.7 Å². The molecule has 0 saturated carbocycles. The van der Waals surface area contributed by atoms with Crippen molar-refractivity contribution >= 4 is 23.4 Å². The molecule has 1 amide bonds. The molecule has 1 aromatic carbocycles. The molecule has 3 heterocycles. The van der Waals surface area contributed by atoms with Crippen LogP contribution >= 0.6 is 11.3 Å². The van der Waals surface area contributed by atoms with E-state index >= 15 is 0 Å². The highest BCUT2D eigenvalue weighted by Crippen LogP contribution is 2.33. The van der Waals surface area contributed by atoms with E-state index in [9.17, 15) is 14.7 Å². The summed E-state index contributed by atoms with van der Waals surface area (Å²) in [5.41, 5.74) is 1.95. The minimum absolute atomic E-state index is 0.109. The number of hydrogen-bond donors (Lipinski definition) is 1. The molecular formula is C25H26N2O5S. The van der Waals surface area contributed by atoms with Crippen molar-refractivity contribution in [2.75, 3.05) is 6.54 Å². The molecule has 1 unspecified atom stereocenters. The van der Waals surface area contributed by atoms with Crippen molar-refractivity contribution in [1.29, 1.82) is 0 Å². The molecular weight excluding hydrogens is 440 g/mol. The third kappa shape index (κ3) is 5.51. The van der Waals surface area contributed by atoms with Gasteiger partial charge in [0.05, 0.1) is 12.2 Å². The predicted molar refractivity (Wildman–Crippen MR) is 126 cm³/mol. The minimum atomic E-state index is -1.09. The van der Waals surface area contributed by atoms with Crippen LogP contribution in [0.5, 0.6) is 5.88 Å². The van der Waals surface area contributed by atoms with Crippen LogP contribution in [0, 0.1) is 0 Å². The van der Waals surface area contributed by atoms with Gasteiger partial charge in [0.25, 0.3) is 0 Å². The van der Waals surface area contributed by atoms with Crippen molar-refractivity contribution < 1.29 is 24.2 Å². The molecule has 4 rings (SSSR count).